The van der Waals surface area contributed by atoms with E-state index in [0.717, 1.165) is 64.2 Å². The normalized spacial score (nSPS) is 18.1. The van der Waals surface area contributed by atoms with Gasteiger partial charge in [-0.3, -0.25) is 19.0 Å². The third kappa shape index (κ3) is 8.70. The monoisotopic (exact) mass is 405 g/mol. The van der Waals surface area contributed by atoms with Crippen LogP contribution in [0.1, 0.15) is 97.3 Å². The summed E-state index contributed by atoms with van der Waals surface area (Å²) in [5.41, 5.74) is 0. The van der Waals surface area contributed by atoms with Crippen molar-refractivity contribution in [3.8, 4) is 0 Å². The fourth-order valence-corrected chi connectivity index (χ4v) is 3.98. The SMILES string of the molecule is CCCCCCCC(CCCCCCC)ON1C(=O)CC(S(=O)(=O)O)C1=O. The second kappa shape index (κ2) is 12.5. The largest absolute Gasteiger partial charge is 0.285 e. The lowest BCUT2D eigenvalue weighted by Crippen LogP contribution is -2.38. The average Bonchev–Trinajstić information content (AvgIpc) is 2.89. The molecule has 1 rings (SSSR count). The summed E-state index contributed by atoms with van der Waals surface area (Å²) in [7, 11) is -4.60. The molecule has 0 bridgehead atoms. The van der Waals surface area contributed by atoms with E-state index in [1.54, 1.807) is 0 Å². The third-order valence-electron chi connectivity index (χ3n) is 4.94. The van der Waals surface area contributed by atoms with Crippen LogP contribution in [0.3, 0.4) is 0 Å². The number of unbranched alkanes of at least 4 members (excludes halogenated alkanes) is 8. The molecule has 158 valence electrons. The van der Waals surface area contributed by atoms with Gasteiger partial charge in [-0.05, 0) is 12.8 Å². The van der Waals surface area contributed by atoms with Crippen LogP contribution in [0, 0.1) is 0 Å². The zero-order valence-electron chi connectivity index (χ0n) is 16.7. The zero-order valence-corrected chi connectivity index (χ0v) is 17.5. The molecule has 0 aromatic heterocycles. The van der Waals surface area contributed by atoms with Crippen LogP contribution >= 0.6 is 0 Å². The van der Waals surface area contributed by atoms with Crippen molar-refractivity contribution in [1.82, 2.24) is 5.06 Å². The first-order valence-corrected chi connectivity index (χ1v) is 11.8. The van der Waals surface area contributed by atoms with Crippen molar-refractivity contribution < 1.29 is 27.4 Å². The Hall–Kier alpha value is -0.990. The van der Waals surface area contributed by atoms with E-state index in [-0.39, 0.29) is 6.10 Å². The summed E-state index contributed by atoms with van der Waals surface area (Å²) in [6.07, 6.45) is 11.6. The van der Waals surface area contributed by atoms with Crippen molar-refractivity contribution in [3.63, 3.8) is 0 Å². The smallest absolute Gasteiger partial charge is 0.277 e. The first-order chi connectivity index (χ1) is 12.8. The van der Waals surface area contributed by atoms with E-state index >= 15 is 0 Å². The van der Waals surface area contributed by atoms with Gasteiger partial charge >= 0.3 is 0 Å². The molecule has 8 heteroatoms. The van der Waals surface area contributed by atoms with Crippen LogP contribution in [-0.4, -0.2) is 41.2 Å². The molecule has 1 unspecified atom stereocenters. The Morgan fingerprint density at radius 2 is 1.44 bits per heavy atom. The number of hydrogen-bond donors (Lipinski definition) is 1. The molecule has 1 heterocycles. The molecule has 1 fully saturated rings. The van der Waals surface area contributed by atoms with Crippen LogP contribution in [0.5, 0.6) is 0 Å². The van der Waals surface area contributed by atoms with Gasteiger partial charge in [-0.15, -0.1) is 0 Å². The first-order valence-electron chi connectivity index (χ1n) is 10.3. The summed E-state index contributed by atoms with van der Waals surface area (Å²) in [6.45, 7) is 4.30. The minimum atomic E-state index is -4.60. The highest BCUT2D eigenvalue weighted by molar-refractivity contribution is 7.87. The summed E-state index contributed by atoms with van der Waals surface area (Å²) in [5, 5.41) is -1.17. The van der Waals surface area contributed by atoms with Crippen molar-refractivity contribution in [1.29, 1.82) is 0 Å². The predicted octanol–water partition coefficient (Wildman–Crippen LogP) is 4.02. The number of hydrogen-bond acceptors (Lipinski definition) is 5. The number of imide groups is 1. The highest BCUT2D eigenvalue weighted by atomic mass is 32.2. The van der Waals surface area contributed by atoms with Gasteiger partial charge in [-0.1, -0.05) is 78.1 Å². The van der Waals surface area contributed by atoms with Crippen LogP contribution in [0.15, 0.2) is 0 Å². The second-order valence-electron chi connectivity index (χ2n) is 7.37. The van der Waals surface area contributed by atoms with Crippen molar-refractivity contribution in [2.24, 2.45) is 0 Å². The Kier molecular flexibility index (Phi) is 11.1. The summed E-state index contributed by atoms with van der Waals surface area (Å²) in [4.78, 5) is 29.8. The first kappa shape index (κ1) is 24.0. The molecule has 27 heavy (non-hydrogen) atoms. The molecular formula is C19H35NO6S. The van der Waals surface area contributed by atoms with Crippen LogP contribution in [-0.2, 0) is 24.5 Å². The minimum absolute atomic E-state index is 0.290. The summed E-state index contributed by atoms with van der Waals surface area (Å²) in [6, 6.07) is 0. The van der Waals surface area contributed by atoms with Gasteiger partial charge in [-0.25, -0.2) is 0 Å². The Morgan fingerprint density at radius 3 is 1.85 bits per heavy atom. The van der Waals surface area contributed by atoms with Gasteiger partial charge in [0.05, 0.1) is 12.5 Å². The molecule has 0 aromatic rings. The van der Waals surface area contributed by atoms with Crippen LogP contribution < -0.4 is 0 Å². The fraction of sp³-hybridized carbons (Fsp3) is 0.895. The molecule has 0 aliphatic carbocycles. The molecule has 2 amide bonds. The number of amides is 2. The van der Waals surface area contributed by atoms with Crippen LogP contribution in [0.25, 0.3) is 0 Å². The van der Waals surface area contributed by atoms with Gasteiger partial charge in [0.2, 0.25) is 0 Å². The maximum atomic E-state index is 12.2. The quantitative estimate of drug-likeness (QED) is 0.251. The van der Waals surface area contributed by atoms with E-state index < -0.39 is 33.6 Å². The Morgan fingerprint density at radius 1 is 0.963 bits per heavy atom. The van der Waals surface area contributed by atoms with Crippen molar-refractivity contribution >= 4 is 21.9 Å². The van der Waals surface area contributed by atoms with Crippen LogP contribution in [0.2, 0.25) is 0 Å². The van der Waals surface area contributed by atoms with E-state index in [4.69, 9.17) is 9.39 Å². The fourth-order valence-electron chi connectivity index (χ4n) is 3.28. The van der Waals surface area contributed by atoms with Crippen molar-refractivity contribution in [2.75, 3.05) is 0 Å². The Labute approximate surface area is 163 Å². The number of hydroxylamine groups is 2. The molecule has 0 radical (unpaired) electrons. The topological polar surface area (TPSA) is 101 Å². The Bertz CT molecular complexity index is 549. The second-order valence-corrected chi connectivity index (χ2v) is 8.97. The number of rotatable bonds is 15. The zero-order chi connectivity index (χ0) is 20.3. The summed E-state index contributed by atoms with van der Waals surface area (Å²) in [5.74, 6) is -1.69. The lowest BCUT2D eigenvalue weighted by molar-refractivity contribution is -0.204. The molecular weight excluding hydrogens is 370 g/mol. The molecule has 1 aliphatic heterocycles. The molecule has 1 atom stereocenters. The van der Waals surface area contributed by atoms with E-state index in [1.165, 1.54) is 12.8 Å². The standard InChI is InChI=1S/C19H35NO6S/c1-3-5-7-9-11-13-16(14-12-10-8-6-4-2)26-20-18(21)15-17(19(20)22)27(23,24)25/h16-17H,3-15H2,1-2H3,(H,23,24,25). The van der Waals surface area contributed by atoms with Crippen molar-refractivity contribution in [2.45, 2.75) is 109 Å². The molecule has 7 nitrogen and oxygen atoms in total. The van der Waals surface area contributed by atoms with Gasteiger partial charge in [-0.2, -0.15) is 13.5 Å². The van der Waals surface area contributed by atoms with Gasteiger partial charge in [0, 0.05) is 0 Å². The highest BCUT2D eigenvalue weighted by Gasteiger charge is 2.47. The summed E-state index contributed by atoms with van der Waals surface area (Å²) < 4.78 is 31.7. The third-order valence-corrected chi connectivity index (χ3v) is 6.02. The number of carbonyl (C=O) groups is 2. The maximum absolute atomic E-state index is 12.2. The van der Waals surface area contributed by atoms with Gasteiger partial charge in [0.25, 0.3) is 21.9 Å². The van der Waals surface area contributed by atoms with Gasteiger partial charge in [0.1, 0.15) is 0 Å². The lowest BCUT2D eigenvalue weighted by Gasteiger charge is -2.23. The molecule has 0 saturated carbocycles. The van der Waals surface area contributed by atoms with Crippen LogP contribution in [0.4, 0.5) is 0 Å². The van der Waals surface area contributed by atoms with Gasteiger partial charge in [0.15, 0.2) is 5.25 Å². The van der Waals surface area contributed by atoms with E-state index in [0.29, 0.717) is 5.06 Å². The minimum Gasteiger partial charge on any atom is -0.285 e. The Balaban J connectivity index is 2.59. The molecule has 0 aromatic carbocycles. The maximum Gasteiger partial charge on any atom is 0.277 e. The predicted molar refractivity (Wildman–Crippen MR) is 103 cm³/mol. The van der Waals surface area contributed by atoms with Crippen molar-refractivity contribution in [3.05, 3.63) is 0 Å². The number of nitrogens with zero attached hydrogens (tertiary/aromatic N) is 1. The number of carbonyl (C=O) groups excluding carboxylic acids is 2. The molecule has 0 spiro atoms. The summed E-state index contributed by atoms with van der Waals surface area (Å²) >= 11 is 0. The van der Waals surface area contributed by atoms with Gasteiger partial charge < -0.3 is 0 Å². The molecule has 1 aliphatic rings. The highest BCUT2D eigenvalue weighted by Crippen LogP contribution is 2.24. The van der Waals surface area contributed by atoms with E-state index in [9.17, 15) is 18.0 Å². The van der Waals surface area contributed by atoms with E-state index in [2.05, 4.69) is 13.8 Å². The lowest BCUT2D eigenvalue weighted by atomic mass is 10.0. The average molecular weight is 406 g/mol. The molecule has 1 N–H and O–H groups in total. The van der Waals surface area contributed by atoms with E-state index in [1.807, 2.05) is 0 Å². The molecule has 1 saturated heterocycles.